The highest BCUT2D eigenvalue weighted by molar-refractivity contribution is 5.45. The van der Waals surface area contributed by atoms with Crippen molar-refractivity contribution >= 4 is 0 Å². The van der Waals surface area contributed by atoms with Gasteiger partial charge < -0.3 is 19.9 Å². The second kappa shape index (κ2) is 6.34. The zero-order chi connectivity index (χ0) is 14.8. The molecule has 3 rings (SSSR count). The Kier molecular flexibility index (Phi) is 4.48. The van der Waals surface area contributed by atoms with Crippen molar-refractivity contribution < 1.29 is 4.74 Å². The van der Waals surface area contributed by atoms with Gasteiger partial charge in [-0.05, 0) is 33.1 Å². The molecule has 0 spiro atoms. The summed E-state index contributed by atoms with van der Waals surface area (Å²) in [6, 6.07) is 7.54. The molecule has 0 aliphatic carbocycles. The highest BCUT2D eigenvalue weighted by Crippen LogP contribution is 2.35. The van der Waals surface area contributed by atoms with Crippen molar-refractivity contribution in [1.29, 1.82) is 0 Å². The van der Waals surface area contributed by atoms with E-state index in [-0.39, 0.29) is 0 Å². The van der Waals surface area contributed by atoms with E-state index in [0.717, 1.165) is 38.3 Å². The van der Waals surface area contributed by atoms with Crippen LogP contribution in [0.1, 0.15) is 23.6 Å². The quantitative estimate of drug-likeness (QED) is 0.909. The van der Waals surface area contributed by atoms with Gasteiger partial charge in [0.05, 0.1) is 6.61 Å². The second-order valence-corrected chi connectivity index (χ2v) is 6.41. The van der Waals surface area contributed by atoms with E-state index in [4.69, 9.17) is 4.74 Å². The van der Waals surface area contributed by atoms with Gasteiger partial charge in [0.2, 0.25) is 0 Å². The Bertz CT molecular complexity index is 491. The summed E-state index contributed by atoms with van der Waals surface area (Å²) in [6.45, 7) is 4.29. The van der Waals surface area contributed by atoms with Gasteiger partial charge in [0, 0.05) is 43.7 Å². The molecular weight excluding hydrogens is 262 g/mol. The molecule has 2 atom stereocenters. The van der Waals surface area contributed by atoms with Gasteiger partial charge in [0.1, 0.15) is 5.75 Å². The number of hydrogen-bond acceptors (Lipinski definition) is 4. The van der Waals surface area contributed by atoms with Crippen molar-refractivity contribution in [2.24, 2.45) is 0 Å². The molecule has 0 aromatic heterocycles. The predicted octanol–water partition coefficient (Wildman–Crippen LogP) is 1.52. The number of likely N-dealkylation sites (N-methyl/N-ethyl adjacent to an activating group) is 2. The Morgan fingerprint density at radius 3 is 3.00 bits per heavy atom. The summed E-state index contributed by atoms with van der Waals surface area (Å²) in [7, 11) is 6.53. The lowest BCUT2D eigenvalue weighted by Crippen LogP contribution is -2.50. The molecule has 0 bridgehead atoms. The van der Waals surface area contributed by atoms with Gasteiger partial charge in [-0.3, -0.25) is 0 Å². The second-order valence-electron chi connectivity index (χ2n) is 6.41. The monoisotopic (exact) mass is 289 g/mol. The third kappa shape index (κ3) is 3.07. The molecule has 1 saturated heterocycles. The predicted molar refractivity (Wildman–Crippen MR) is 86.0 cm³/mol. The largest absolute Gasteiger partial charge is 0.493 e. The summed E-state index contributed by atoms with van der Waals surface area (Å²) in [5.74, 6) is 1.13. The zero-order valence-corrected chi connectivity index (χ0v) is 13.4. The number of nitrogens with zero attached hydrogens (tertiary/aromatic N) is 2. The SMILES string of the molecule is CNC(CC1CN(C)CCN1C)c1cccc2c1OCC2. The van der Waals surface area contributed by atoms with Crippen LogP contribution in [0.2, 0.25) is 0 Å². The standard InChI is InChI=1S/C17H27N3O/c1-18-16(11-14-12-19(2)8-9-20(14)3)15-6-4-5-13-7-10-21-17(13)15/h4-6,14,16,18H,7-12H2,1-3H3. The van der Waals surface area contributed by atoms with Crippen LogP contribution in [-0.4, -0.2) is 63.2 Å². The van der Waals surface area contributed by atoms with Crippen LogP contribution >= 0.6 is 0 Å². The summed E-state index contributed by atoms with van der Waals surface area (Å²) < 4.78 is 5.89. The van der Waals surface area contributed by atoms with Crippen LogP contribution in [0.5, 0.6) is 5.75 Å². The number of benzene rings is 1. The number of nitrogens with one attached hydrogen (secondary N) is 1. The van der Waals surface area contributed by atoms with E-state index in [1.165, 1.54) is 17.7 Å². The maximum absolute atomic E-state index is 5.89. The van der Waals surface area contributed by atoms with E-state index in [1.807, 2.05) is 0 Å². The number of fused-ring (bicyclic) bond motifs is 1. The van der Waals surface area contributed by atoms with E-state index in [1.54, 1.807) is 0 Å². The van der Waals surface area contributed by atoms with Crippen LogP contribution in [0.3, 0.4) is 0 Å². The van der Waals surface area contributed by atoms with Gasteiger partial charge >= 0.3 is 0 Å². The molecule has 2 unspecified atom stereocenters. The van der Waals surface area contributed by atoms with Crippen molar-refractivity contribution in [1.82, 2.24) is 15.1 Å². The van der Waals surface area contributed by atoms with Crippen LogP contribution in [0.15, 0.2) is 18.2 Å². The molecule has 2 aliphatic rings. The average Bonchev–Trinajstić information content (AvgIpc) is 2.96. The lowest BCUT2D eigenvalue weighted by Gasteiger charge is -2.39. The Balaban J connectivity index is 1.78. The topological polar surface area (TPSA) is 27.7 Å². The van der Waals surface area contributed by atoms with Gasteiger partial charge in [-0.25, -0.2) is 0 Å². The summed E-state index contributed by atoms with van der Waals surface area (Å²) in [5.41, 5.74) is 2.69. The molecule has 0 amide bonds. The number of hydrogen-bond donors (Lipinski definition) is 1. The minimum atomic E-state index is 0.358. The number of piperazine rings is 1. The van der Waals surface area contributed by atoms with Crippen molar-refractivity contribution in [3.05, 3.63) is 29.3 Å². The van der Waals surface area contributed by atoms with Crippen LogP contribution in [-0.2, 0) is 6.42 Å². The minimum absolute atomic E-state index is 0.358. The van der Waals surface area contributed by atoms with E-state index in [0.29, 0.717) is 12.1 Å². The van der Waals surface area contributed by atoms with E-state index in [9.17, 15) is 0 Å². The van der Waals surface area contributed by atoms with Gasteiger partial charge in [0.25, 0.3) is 0 Å². The molecule has 0 radical (unpaired) electrons. The van der Waals surface area contributed by atoms with Crippen LogP contribution in [0, 0.1) is 0 Å². The fourth-order valence-corrected chi connectivity index (χ4v) is 3.54. The molecular formula is C17H27N3O. The fraction of sp³-hybridized carbons (Fsp3) is 0.647. The maximum Gasteiger partial charge on any atom is 0.127 e. The van der Waals surface area contributed by atoms with Gasteiger partial charge in [-0.2, -0.15) is 0 Å². The van der Waals surface area contributed by atoms with Gasteiger partial charge in [0.15, 0.2) is 0 Å². The number of rotatable bonds is 4. The fourth-order valence-electron chi connectivity index (χ4n) is 3.54. The van der Waals surface area contributed by atoms with Crippen molar-refractivity contribution in [3.8, 4) is 5.75 Å². The first-order valence-corrected chi connectivity index (χ1v) is 7.99. The zero-order valence-electron chi connectivity index (χ0n) is 13.4. The summed E-state index contributed by atoms with van der Waals surface area (Å²) >= 11 is 0. The minimum Gasteiger partial charge on any atom is -0.493 e. The first-order valence-electron chi connectivity index (χ1n) is 7.99. The summed E-state index contributed by atoms with van der Waals surface area (Å²) in [5, 5.41) is 3.51. The van der Waals surface area contributed by atoms with E-state index >= 15 is 0 Å². The van der Waals surface area contributed by atoms with Crippen LogP contribution < -0.4 is 10.1 Å². The van der Waals surface area contributed by atoms with E-state index in [2.05, 4.69) is 54.5 Å². The molecule has 1 aromatic rings. The Labute approximate surface area is 128 Å². The lowest BCUT2D eigenvalue weighted by molar-refractivity contribution is 0.101. The molecule has 4 heteroatoms. The third-order valence-corrected chi connectivity index (χ3v) is 4.96. The average molecular weight is 289 g/mol. The van der Waals surface area contributed by atoms with Crippen LogP contribution in [0.4, 0.5) is 0 Å². The molecule has 0 saturated carbocycles. The van der Waals surface area contributed by atoms with Gasteiger partial charge in [-0.15, -0.1) is 0 Å². The van der Waals surface area contributed by atoms with Crippen LogP contribution in [0.25, 0.3) is 0 Å². The van der Waals surface area contributed by atoms with Crippen molar-refractivity contribution in [2.45, 2.75) is 24.9 Å². The summed E-state index contributed by atoms with van der Waals surface area (Å²) in [6.07, 6.45) is 2.17. The van der Waals surface area contributed by atoms with Gasteiger partial charge in [-0.1, -0.05) is 18.2 Å². The summed E-state index contributed by atoms with van der Waals surface area (Å²) in [4.78, 5) is 4.93. The Morgan fingerprint density at radius 1 is 1.33 bits per heavy atom. The molecule has 1 N–H and O–H groups in total. The highest BCUT2D eigenvalue weighted by Gasteiger charge is 2.28. The first-order chi connectivity index (χ1) is 10.2. The molecule has 1 aromatic carbocycles. The highest BCUT2D eigenvalue weighted by atomic mass is 16.5. The molecule has 2 heterocycles. The lowest BCUT2D eigenvalue weighted by atomic mass is 9.95. The third-order valence-electron chi connectivity index (χ3n) is 4.96. The molecule has 21 heavy (non-hydrogen) atoms. The van der Waals surface area contributed by atoms with E-state index < -0.39 is 0 Å². The molecule has 2 aliphatic heterocycles. The normalized spacial score (nSPS) is 24.6. The molecule has 4 nitrogen and oxygen atoms in total. The first kappa shape index (κ1) is 14.8. The molecule has 1 fully saturated rings. The van der Waals surface area contributed by atoms with Crippen molar-refractivity contribution in [3.63, 3.8) is 0 Å². The maximum atomic E-state index is 5.89. The number of ether oxygens (including phenoxy) is 1. The van der Waals surface area contributed by atoms with Crippen molar-refractivity contribution in [2.75, 3.05) is 47.4 Å². The Hall–Kier alpha value is -1.10. The molecule has 116 valence electrons. The smallest absolute Gasteiger partial charge is 0.127 e. The number of para-hydroxylation sites is 1. The Morgan fingerprint density at radius 2 is 2.19 bits per heavy atom.